The van der Waals surface area contributed by atoms with E-state index >= 15 is 0 Å². The fraction of sp³-hybridized carbons (Fsp3) is 0.233. The molecule has 4 aromatic rings. The Kier molecular flexibility index (Phi) is 9.22. The van der Waals surface area contributed by atoms with Crippen LogP contribution in [0.1, 0.15) is 37.4 Å². The summed E-state index contributed by atoms with van der Waals surface area (Å²) in [5.74, 6) is 2.29. The first-order valence-electron chi connectivity index (χ1n) is 13.1. The lowest BCUT2D eigenvalue weighted by Crippen LogP contribution is -2.31. The second-order valence-electron chi connectivity index (χ2n) is 9.35. The van der Waals surface area contributed by atoms with Gasteiger partial charge in [0.15, 0.2) is 11.5 Å². The second kappa shape index (κ2) is 13.0. The quantitative estimate of drug-likeness (QED) is 0.169. The maximum atomic E-state index is 13.8. The highest BCUT2D eigenvalue weighted by atomic mass is 79.9. The molecule has 0 saturated carbocycles. The SMILES string of the molecule is CCCSc1nc2n(n1)C(c1cc(Br)c(OCc3ccc(Cl)cc3)c(OC)c1)C(C(=O)Nc1ccccc1)=C(C)N2. The number of rotatable bonds is 10. The van der Waals surface area contributed by atoms with Crippen LogP contribution in [0.5, 0.6) is 11.5 Å². The number of carbonyl (C=O) groups is 1. The Morgan fingerprint density at radius 3 is 2.63 bits per heavy atom. The number of para-hydroxylation sites is 1. The van der Waals surface area contributed by atoms with Gasteiger partial charge in [-0.05, 0) is 76.8 Å². The summed E-state index contributed by atoms with van der Waals surface area (Å²) < 4.78 is 14.4. The van der Waals surface area contributed by atoms with Crippen molar-refractivity contribution in [3.05, 3.63) is 98.6 Å². The number of allylic oxidation sites excluding steroid dienone is 1. The van der Waals surface area contributed by atoms with Gasteiger partial charge in [-0.2, -0.15) is 4.98 Å². The van der Waals surface area contributed by atoms with Crippen molar-refractivity contribution in [3.8, 4) is 11.5 Å². The highest BCUT2D eigenvalue weighted by Crippen LogP contribution is 2.43. The van der Waals surface area contributed by atoms with E-state index in [1.165, 1.54) is 0 Å². The number of ether oxygens (including phenoxy) is 2. The lowest BCUT2D eigenvalue weighted by atomic mass is 9.94. The number of anilines is 2. The van der Waals surface area contributed by atoms with Crippen LogP contribution in [-0.4, -0.2) is 33.5 Å². The predicted molar refractivity (Wildman–Crippen MR) is 167 cm³/mol. The normalized spacial score (nSPS) is 14.3. The van der Waals surface area contributed by atoms with Crippen LogP contribution >= 0.6 is 39.3 Å². The summed E-state index contributed by atoms with van der Waals surface area (Å²) in [5.41, 5.74) is 3.65. The first kappa shape index (κ1) is 29.0. The van der Waals surface area contributed by atoms with Gasteiger partial charge in [-0.25, -0.2) is 4.68 Å². The number of aromatic nitrogens is 3. The van der Waals surface area contributed by atoms with Crippen LogP contribution < -0.4 is 20.1 Å². The molecule has 1 atom stereocenters. The van der Waals surface area contributed by atoms with Gasteiger partial charge in [0.25, 0.3) is 5.91 Å². The Balaban J connectivity index is 1.54. The van der Waals surface area contributed by atoms with Gasteiger partial charge < -0.3 is 20.1 Å². The number of halogens is 2. The van der Waals surface area contributed by atoms with E-state index in [1.807, 2.05) is 73.7 Å². The molecule has 0 saturated heterocycles. The molecular weight excluding hydrogens is 626 g/mol. The molecule has 11 heteroatoms. The number of hydrogen-bond donors (Lipinski definition) is 2. The third-order valence-corrected chi connectivity index (χ3v) is 8.29. The van der Waals surface area contributed by atoms with Gasteiger partial charge in [-0.3, -0.25) is 4.79 Å². The Morgan fingerprint density at radius 2 is 1.93 bits per heavy atom. The van der Waals surface area contributed by atoms with Gasteiger partial charge in [0, 0.05) is 22.2 Å². The molecule has 2 heterocycles. The van der Waals surface area contributed by atoms with Crippen molar-refractivity contribution < 1.29 is 14.3 Å². The van der Waals surface area contributed by atoms with Gasteiger partial charge in [-0.1, -0.05) is 60.6 Å². The van der Waals surface area contributed by atoms with E-state index in [9.17, 15) is 4.79 Å². The Bertz CT molecular complexity index is 1580. The fourth-order valence-corrected chi connectivity index (χ4v) is 5.87. The molecule has 1 unspecified atom stereocenters. The minimum atomic E-state index is -0.575. The molecule has 1 aliphatic heterocycles. The molecule has 2 N–H and O–H groups in total. The fourth-order valence-electron chi connectivity index (χ4n) is 4.48. The molecule has 0 bridgehead atoms. The van der Waals surface area contributed by atoms with E-state index in [2.05, 4.69) is 33.5 Å². The van der Waals surface area contributed by atoms with Crippen molar-refractivity contribution in [1.82, 2.24) is 14.8 Å². The number of nitrogens with zero attached hydrogens (tertiary/aromatic N) is 3. The van der Waals surface area contributed by atoms with Crippen LogP contribution in [0.25, 0.3) is 0 Å². The molecule has 0 aliphatic carbocycles. The van der Waals surface area contributed by atoms with Crippen LogP contribution in [0, 0.1) is 0 Å². The highest BCUT2D eigenvalue weighted by molar-refractivity contribution is 9.10. The number of benzene rings is 3. The first-order valence-corrected chi connectivity index (χ1v) is 15.2. The largest absolute Gasteiger partial charge is 0.493 e. The number of nitrogens with one attached hydrogen (secondary N) is 2. The number of fused-ring (bicyclic) bond motifs is 1. The molecule has 5 rings (SSSR count). The molecule has 0 radical (unpaired) electrons. The molecule has 41 heavy (non-hydrogen) atoms. The Labute approximate surface area is 256 Å². The van der Waals surface area contributed by atoms with Crippen LogP contribution in [0.3, 0.4) is 0 Å². The van der Waals surface area contributed by atoms with Crippen molar-refractivity contribution in [2.45, 2.75) is 38.1 Å². The summed E-state index contributed by atoms with van der Waals surface area (Å²) in [5, 5.41) is 12.4. The average Bonchev–Trinajstić information content (AvgIpc) is 3.37. The summed E-state index contributed by atoms with van der Waals surface area (Å²) in [6.07, 6.45) is 0.995. The molecule has 8 nitrogen and oxygen atoms in total. The first-order chi connectivity index (χ1) is 19.9. The zero-order chi connectivity index (χ0) is 28.9. The zero-order valence-corrected chi connectivity index (χ0v) is 25.9. The molecule has 3 aromatic carbocycles. The van der Waals surface area contributed by atoms with Gasteiger partial charge in [0.2, 0.25) is 11.1 Å². The third-order valence-electron chi connectivity index (χ3n) is 6.41. The third kappa shape index (κ3) is 6.55. The lowest BCUT2D eigenvalue weighted by Gasteiger charge is -2.29. The predicted octanol–water partition coefficient (Wildman–Crippen LogP) is 7.71. The van der Waals surface area contributed by atoms with Crippen LogP contribution in [0.4, 0.5) is 11.6 Å². The van der Waals surface area contributed by atoms with E-state index in [-0.39, 0.29) is 5.91 Å². The summed E-state index contributed by atoms with van der Waals surface area (Å²) in [6.45, 7) is 4.32. The average molecular weight is 655 g/mol. The monoisotopic (exact) mass is 653 g/mol. The Hall–Kier alpha value is -3.47. The summed E-state index contributed by atoms with van der Waals surface area (Å²) in [6, 6.07) is 20.1. The van der Waals surface area contributed by atoms with Gasteiger partial charge in [-0.15, -0.1) is 5.10 Å². The lowest BCUT2D eigenvalue weighted by molar-refractivity contribution is -0.113. The van der Waals surface area contributed by atoms with Gasteiger partial charge in [0.1, 0.15) is 12.6 Å². The molecule has 1 amide bonds. The summed E-state index contributed by atoms with van der Waals surface area (Å²) >= 11 is 11.3. The number of carbonyl (C=O) groups excluding carboxylic acids is 1. The standard InChI is InChI=1S/C30H29BrClN5O3S/c1-4-14-41-30-35-29-33-18(2)25(28(38)34-22-8-6-5-7-9-22)26(37(29)36-30)20-15-23(31)27(24(16-20)39-3)40-17-19-10-12-21(32)13-11-19/h5-13,15-16,26H,4,14,17H2,1-3H3,(H,34,38)(H,33,35,36). The molecular formula is C30H29BrClN5O3S. The molecule has 212 valence electrons. The minimum Gasteiger partial charge on any atom is -0.493 e. The maximum absolute atomic E-state index is 13.8. The van der Waals surface area contributed by atoms with Crippen LogP contribution in [-0.2, 0) is 11.4 Å². The number of thioether (sulfide) groups is 1. The van der Waals surface area contributed by atoms with E-state index in [0.717, 1.165) is 23.3 Å². The van der Waals surface area contributed by atoms with E-state index in [1.54, 1.807) is 23.6 Å². The number of methoxy groups -OCH3 is 1. The maximum Gasteiger partial charge on any atom is 0.255 e. The second-order valence-corrected chi connectivity index (χ2v) is 11.7. The Morgan fingerprint density at radius 1 is 1.17 bits per heavy atom. The van der Waals surface area contributed by atoms with E-state index in [4.69, 9.17) is 31.2 Å². The van der Waals surface area contributed by atoms with Gasteiger partial charge >= 0.3 is 0 Å². The highest BCUT2D eigenvalue weighted by Gasteiger charge is 2.35. The molecule has 0 fully saturated rings. The molecule has 1 aliphatic rings. The summed E-state index contributed by atoms with van der Waals surface area (Å²) in [4.78, 5) is 18.5. The van der Waals surface area contributed by atoms with Crippen molar-refractivity contribution >= 4 is 56.8 Å². The zero-order valence-electron chi connectivity index (χ0n) is 22.8. The van der Waals surface area contributed by atoms with Crippen molar-refractivity contribution in [3.63, 3.8) is 0 Å². The van der Waals surface area contributed by atoms with Crippen LogP contribution in [0.15, 0.2) is 87.6 Å². The van der Waals surface area contributed by atoms with Crippen molar-refractivity contribution in [1.29, 1.82) is 0 Å². The smallest absolute Gasteiger partial charge is 0.255 e. The van der Waals surface area contributed by atoms with Crippen molar-refractivity contribution in [2.24, 2.45) is 0 Å². The van der Waals surface area contributed by atoms with E-state index in [0.29, 0.717) is 55.7 Å². The van der Waals surface area contributed by atoms with E-state index < -0.39 is 6.04 Å². The van der Waals surface area contributed by atoms with Gasteiger partial charge in [0.05, 0.1) is 17.2 Å². The number of hydrogen-bond acceptors (Lipinski definition) is 7. The van der Waals surface area contributed by atoms with Crippen LogP contribution in [0.2, 0.25) is 5.02 Å². The molecule has 0 spiro atoms. The molecule has 1 aromatic heterocycles. The van der Waals surface area contributed by atoms with Crippen molar-refractivity contribution in [2.75, 3.05) is 23.5 Å². The minimum absolute atomic E-state index is 0.242. The number of amides is 1. The topological polar surface area (TPSA) is 90.3 Å². The summed E-state index contributed by atoms with van der Waals surface area (Å²) in [7, 11) is 1.59.